The second-order valence-electron chi connectivity index (χ2n) is 14.4. The number of rotatable bonds is 11. The molecule has 0 bridgehead atoms. The Morgan fingerprint density at radius 3 is 2.41 bits per heavy atom. The van der Waals surface area contributed by atoms with Crippen LogP contribution in [0.15, 0.2) is 34.2 Å². The number of pyridine rings is 1. The highest BCUT2D eigenvalue weighted by Gasteiger charge is 2.48. The van der Waals surface area contributed by atoms with Crippen molar-refractivity contribution in [1.82, 2.24) is 25.2 Å². The van der Waals surface area contributed by atoms with Crippen LogP contribution in [0.5, 0.6) is 11.5 Å². The molecule has 1 saturated heterocycles. The summed E-state index contributed by atoms with van der Waals surface area (Å²) in [4.78, 5) is 44.5. The zero-order chi connectivity index (χ0) is 36.4. The summed E-state index contributed by atoms with van der Waals surface area (Å²) < 4.78 is 24.8. The van der Waals surface area contributed by atoms with Crippen molar-refractivity contribution in [3.63, 3.8) is 0 Å². The summed E-state index contributed by atoms with van der Waals surface area (Å²) in [5.74, 6) is 0.714. The fourth-order valence-corrected chi connectivity index (χ4v) is 8.43. The van der Waals surface area contributed by atoms with Crippen molar-refractivity contribution >= 4 is 23.6 Å². The maximum absolute atomic E-state index is 14.0. The molecule has 4 heterocycles. The first-order valence-corrected chi connectivity index (χ1v) is 19.2. The van der Waals surface area contributed by atoms with Gasteiger partial charge >= 0.3 is 0 Å². The van der Waals surface area contributed by atoms with Gasteiger partial charge in [-0.15, -0.1) is 11.8 Å². The molecule has 2 aromatic heterocycles. The number of aromatic nitrogens is 3. The Labute approximate surface area is 305 Å². The smallest absolute Gasteiger partial charge is 0.254 e. The van der Waals surface area contributed by atoms with Crippen molar-refractivity contribution in [1.29, 1.82) is 0 Å². The van der Waals surface area contributed by atoms with Crippen molar-refractivity contribution < 1.29 is 23.7 Å². The first-order valence-electron chi connectivity index (χ1n) is 17.9. The second kappa shape index (κ2) is 15.5. The second-order valence-corrected chi connectivity index (χ2v) is 15.2. The van der Waals surface area contributed by atoms with Crippen molar-refractivity contribution in [3.8, 4) is 22.6 Å². The topological polar surface area (TPSA) is 131 Å². The lowest BCUT2D eigenvalue weighted by Gasteiger charge is -2.39. The fourth-order valence-electron chi connectivity index (χ4n) is 7.72. The van der Waals surface area contributed by atoms with Gasteiger partial charge in [-0.2, -0.15) is 0 Å². The third-order valence-corrected chi connectivity index (χ3v) is 11.4. The van der Waals surface area contributed by atoms with Gasteiger partial charge in [-0.25, -0.2) is 9.97 Å². The van der Waals surface area contributed by atoms with E-state index in [0.29, 0.717) is 65.4 Å². The Bertz CT molecular complexity index is 1770. The van der Waals surface area contributed by atoms with E-state index in [1.54, 1.807) is 19.5 Å². The summed E-state index contributed by atoms with van der Waals surface area (Å²) in [6.07, 6.45) is 9.61. The van der Waals surface area contributed by atoms with Crippen molar-refractivity contribution in [2.75, 3.05) is 51.6 Å². The number of morpholine rings is 1. The van der Waals surface area contributed by atoms with Crippen LogP contribution in [0.4, 0.5) is 5.95 Å². The van der Waals surface area contributed by atoms with Gasteiger partial charge < -0.3 is 39.0 Å². The molecule has 1 aliphatic carbocycles. The van der Waals surface area contributed by atoms with Crippen LogP contribution in [0.1, 0.15) is 73.6 Å². The summed E-state index contributed by atoms with van der Waals surface area (Å²) in [6, 6.07) is 4.24. The molecule has 2 aliphatic heterocycles. The molecule has 2 N–H and O–H groups in total. The standard InChI is InChI=1S/C38H52N6O6S/c1-22-15-32(51-8)31(36(46)42-22)19-39-35(45)29-16-30(26-17-40-37(41-18-26)44-20-23(2)48-24(3)21-44)34-33(25(29)4)49-38(5,50-34)27-9-11-28(12-10-27)43(6)13-14-47-7/h15-18,23-24,27-28H,9-14,19-21H2,1-8H3,(H,39,45)(H,42,46)/t23-,24+,27?,28?,38?. The number of amides is 1. The number of thioether (sulfide) groups is 1. The number of anilines is 1. The Morgan fingerprint density at radius 1 is 1.10 bits per heavy atom. The summed E-state index contributed by atoms with van der Waals surface area (Å²) in [5.41, 5.74) is 3.61. The van der Waals surface area contributed by atoms with E-state index >= 15 is 0 Å². The first-order chi connectivity index (χ1) is 24.4. The SMILES string of the molecule is COCCN(C)C1CCC(C2(C)Oc3c(-c4cnc(N5C[C@@H](C)O[C@@H](C)C5)nc4)cc(C(=O)NCc4c(SC)cc(C)[nH]c4=O)c(C)c3O2)CC1. The Hall–Kier alpha value is -3.65. The van der Waals surface area contributed by atoms with Crippen LogP contribution in [-0.2, 0) is 16.0 Å². The highest BCUT2D eigenvalue weighted by atomic mass is 32.2. The number of aryl methyl sites for hydroxylation is 1. The number of aromatic amines is 1. The monoisotopic (exact) mass is 720 g/mol. The van der Waals surface area contributed by atoms with Crippen LogP contribution in [0.2, 0.25) is 0 Å². The number of benzene rings is 1. The average molecular weight is 721 g/mol. The number of nitrogens with one attached hydrogen (secondary N) is 2. The molecule has 1 amide bonds. The van der Waals surface area contributed by atoms with E-state index in [0.717, 1.165) is 48.4 Å². The molecule has 51 heavy (non-hydrogen) atoms. The van der Waals surface area contributed by atoms with E-state index < -0.39 is 5.79 Å². The van der Waals surface area contributed by atoms with Gasteiger partial charge in [0.1, 0.15) is 0 Å². The molecular formula is C38H52N6O6S. The molecule has 6 rings (SSSR count). The number of fused-ring (bicyclic) bond motifs is 1. The first kappa shape index (κ1) is 37.1. The lowest BCUT2D eigenvalue weighted by atomic mass is 9.81. The summed E-state index contributed by atoms with van der Waals surface area (Å²) in [7, 11) is 3.90. The van der Waals surface area contributed by atoms with Crippen LogP contribution in [0, 0.1) is 19.8 Å². The number of likely N-dealkylation sites (N-methyl/N-ethyl adjacent to an activating group) is 1. The molecule has 13 heteroatoms. The minimum atomic E-state index is -0.906. The van der Waals surface area contributed by atoms with Gasteiger partial charge in [-0.3, -0.25) is 9.59 Å². The lowest BCUT2D eigenvalue weighted by Crippen LogP contribution is -2.47. The van der Waals surface area contributed by atoms with E-state index in [1.807, 2.05) is 39.2 Å². The normalized spacial score (nSPS) is 24.6. The Morgan fingerprint density at radius 2 is 1.76 bits per heavy atom. The molecule has 0 radical (unpaired) electrons. The van der Waals surface area contributed by atoms with Gasteiger partial charge in [0.25, 0.3) is 17.3 Å². The molecular weight excluding hydrogens is 669 g/mol. The minimum absolute atomic E-state index is 0.0741. The van der Waals surface area contributed by atoms with E-state index in [2.05, 4.69) is 41.0 Å². The molecule has 2 fully saturated rings. The van der Waals surface area contributed by atoms with E-state index in [4.69, 9.17) is 28.9 Å². The Kier molecular flexibility index (Phi) is 11.3. The van der Waals surface area contributed by atoms with Gasteiger partial charge in [0.05, 0.1) is 18.8 Å². The van der Waals surface area contributed by atoms with E-state index in [-0.39, 0.29) is 36.1 Å². The molecule has 3 atom stereocenters. The Balaban J connectivity index is 1.30. The molecule has 3 aromatic rings. The van der Waals surface area contributed by atoms with Gasteiger partial charge in [-0.1, -0.05) is 0 Å². The van der Waals surface area contributed by atoms with Crippen LogP contribution in [0.3, 0.4) is 0 Å². The summed E-state index contributed by atoms with van der Waals surface area (Å²) in [5, 5.41) is 3.00. The number of hydrogen-bond acceptors (Lipinski definition) is 11. The third-order valence-electron chi connectivity index (χ3n) is 10.6. The highest BCUT2D eigenvalue weighted by Crippen LogP contribution is 2.53. The van der Waals surface area contributed by atoms with E-state index in [9.17, 15) is 9.59 Å². The van der Waals surface area contributed by atoms with Crippen LogP contribution in [-0.4, -0.2) is 96.5 Å². The van der Waals surface area contributed by atoms with E-state index in [1.165, 1.54) is 11.8 Å². The van der Waals surface area contributed by atoms with Crippen LogP contribution >= 0.6 is 11.8 Å². The fraction of sp³-hybridized carbons (Fsp3) is 0.579. The van der Waals surface area contributed by atoms with Crippen molar-refractivity contribution in [2.24, 2.45) is 5.92 Å². The maximum atomic E-state index is 14.0. The minimum Gasteiger partial charge on any atom is -0.448 e. The molecule has 276 valence electrons. The van der Waals surface area contributed by atoms with Gasteiger partial charge in [-0.05, 0) is 78.8 Å². The quantitative estimate of drug-likeness (QED) is 0.249. The van der Waals surface area contributed by atoms with Gasteiger partial charge in [0.15, 0.2) is 11.5 Å². The number of ether oxygens (including phenoxy) is 4. The molecule has 3 aliphatic rings. The summed E-state index contributed by atoms with van der Waals surface area (Å²) in [6.45, 7) is 13.0. The largest absolute Gasteiger partial charge is 0.448 e. The van der Waals surface area contributed by atoms with Gasteiger partial charge in [0.2, 0.25) is 5.95 Å². The highest BCUT2D eigenvalue weighted by molar-refractivity contribution is 7.98. The molecule has 1 unspecified atom stereocenters. The molecule has 1 saturated carbocycles. The number of methoxy groups -OCH3 is 1. The zero-order valence-corrected chi connectivity index (χ0v) is 31.9. The number of H-pyrrole nitrogens is 1. The number of carbonyl (C=O) groups is 1. The predicted octanol–water partition coefficient (Wildman–Crippen LogP) is 5.34. The van der Waals surface area contributed by atoms with Crippen LogP contribution in [0.25, 0.3) is 11.1 Å². The number of hydrogen-bond donors (Lipinski definition) is 2. The van der Waals surface area contributed by atoms with Gasteiger partial charge in [0, 0.05) is 103 Å². The maximum Gasteiger partial charge on any atom is 0.254 e. The number of nitrogens with zero attached hydrogens (tertiary/aromatic N) is 4. The zero-order valence-electron chi connectivity index (χ0n) is 31.1. The number of carbonyl (C=O) groups excluding carboxylic acids is 1. The van der Waals surface area contributed by atoms with Crippen molar-refractivity contribution in [3.05, 3.63) is 57.3 Å². The van der Waals surface area contributed by atoms with Crippen molar-refractivity contribution in [2.45, 2.75) is 95.8 Å². The van der Waals surface area contributed by atoms with Crippen LogP contribution < -0.4 is 25.2 Å². The average Bonchev–Trinajstić information content (AvgIpc) is 3.48. The summed E-state index contributed by atoms with van der Waals surface area (Å²) >= 11 is 1.48. The lowest BCUT2D eigenvalue weighted by molar-refractivity contribution is -0.123. The predicted molar refractivity (Wildman–Crippen MR) is 199 cm³/mol. The molecule has 1 aromatic carbocycles. The third kappa shape index (κ3) is 7.91. The molecule has 12 nitrogen and oxygen atoms in total. The molecule has 0 spiro atoms.